The Labute approximate surface area is 136 Å². The Kier molecular flexibility index (Phi) is 5.46. The first-order valence-corrected chi connectivity index (χ1v) is 7.64. The van der Waals surface area contributed by atoms with Gasteiger partial charge < -0.3 is 10.6 Å². The molecule has 1 amide bonds. The van der Waals surface area contributed by atoms with Crippen molar-refractivity contribution < 1.29 is 9.59 Å². The van der Waals surface area contributed by atoms with Crippen molar-refractivity contribution in [1.82, 2.24) is 10.3 Å². The molecule has 0 fully saturated rings. The fourth-order valence-corrected chi connectivity index (χ4v) is 1.98. The maximum atomic E-state index is 12.0. The second kappa shape index (κ2) is 7.54. The van der Waals surface area contributed by atoms with E-state index in [0.29, 0.717) is 11.3 Å². The predicted molar refractivity (Wildman–Crippen MR) is 91.2 cm³/mol. The van der Waals surface area contributed by atoms with Crippen LogP contribution in [-0.2, 0) is 0 Å². The molecule has 1 heterocycles. The molecule has 0 aliphatic carbocycles. The number of Topliss-reactive ketones (excluding diaryl/α,β-unsaturated/α-hetero) is 1. The first-order chi connectivity index (χ1) is 11.0. The van der Waals surface area contributed by atoms with Gasteiger partial charge in [-0.1, -0.05) is 19.1 Å². The van der Waals surface area contributed by atoms with Crippen LogP contribution in [0.4, 0.5) is 11.4 Å². The number of carbonyl (C=O) groups is 2. The molecule has 0 saturated heterocycles. The molecular formula is C18H21N3O2. The molecule has 0 spiro atoms. The molecule has 1 atom stereocenters. The second-order valence-corrected chi connectivity index (χ2v) is 5.48. The van der Waals surface area contributed by atoms with Gasteiger partial charge in [0.05, 0.1) is 11.9 Å². The van der Waals surface area contributed by atoms with Crippen molar-refractivity contribution in [2.45, 2.75) is 33.2 Å². The number of pyridine rings is 1. The van der Waals surface area contributed by atoms with E-state index in [-0.39, 0.29) is 17.7 Å². The monoisotopic (exact) mass is 311 g/mol. The van der Waals surface area contributed by atoms with E-state index in [0.717, 1.165) is 17.8 Å². The van der Waals surface area contributed by atoms with Crippen molar-refractivity contribution >= 4 is 23.1 Å². The van der Waals surface area contributed by atoms with E-state index in [9.17, 15) is 9.59 Å². The van der Waals surface area contributed by atoms with Crippen molar-refractivity contribution in [3.05, 3.63) is 53.9 Å². The molecule has 0 saturated carbocycles. The number of benzene rings is 1. The zero-order chi connectivity index (χ0) is 16.8. The third-order valence-corrected chi connectivity index (χ3v) is 3.54. The average molecular weight is 311 g/mol. The van der Waals surface area contributed by atoms with E-state index in [1.807, 2.05) is 26.0 Å². The summed E-state index contributed by atoms with van der Waals surface area (Å²) < 4.78 is 0. The summed E-state index contributed by atoms with van der Waals surface area (Å²) in [6.45, 7) is 5.50. The maximum Gasteiger partial charge on any atom is 0.270 e. The fraction of sp³-hybridized carbons (Fsp3) is 0.278. The van der Waals surface area contributed by atoms with Gasteiger partial charge in [-0.3, -0.25) is 9.59 Å². The van der Waals surface area contributed by atoms with Gasteiger partial charge in [0.15, 0.2) is 5.78 Å². The van der Waals surface area contributed by atoms with Gasteiger partial charge in [0.1, 0.15) is 5.69 Å². The minimum absolute atomic E-state index is 0.0174. The molecule has 0 radical (unpaired) electrons. The first-order valence-electron chi connectivity index (χ1n) is 7.64. The number of carbonyl (C=O) groups excluding carboxylic acids is 2. The van der Waals surface area contributed by atoms with E-state index in [4.69, 9.17) is 0 Å². The van der Waals surface area contributed by atoms with E-state index < -0.39 is 0 Å². The molecule has 5 nitrogen and oxygen atoms in total. The lowest BCUT2D eigenvalue weighted by atomic mass is 10.1. The lowest BCUT2D eigenvalue weighted by Crippen LogP contribution is -2.32. The topological polar surface area (TPSA) is 71.1 Å². The molecule has 2 rings (SSSR count). The average Bonchev–Trinajstić information content (AvgIpc) is 2.55. The number of rotatable bonds is 6. The summed E-state index contributed by atoms with van der Waals surface area (Å²) in [5.41, 5.74) is 2.59. The normalized spacial score (nSPS) is 11.6. The summed E-state index contributed by atoms with van der Waals surface area (Å²) in [5.74, 6) is -0.159. The van der Waals surface area contributed by atoms with Crippen LogP contribution < -0.4 is 10.6 Å². The molecule has 23 heavy (non-hydrogen) atoms. The Morgan fingerprint density at radius 3 is 2.57 bits per heavy atom. The number of nitrogens with zero attached hydrogens (tertiary/aromatic N) is 1. The smallest absolute Gasteiger partial charge is 0.270 e. The third-order valence-electron chi connectivity index (χ3n) is 3.54. The molecule has 1 unspecified atom stereocenters. The summed E-state index contributed by atoms with van der Waals surface area (Å²) in [4.78, 5) is 27.5. The van der Waals surface area contributed by atoms with E-state index in [1.54, 1.807) is 30.5 Å². The van der Waals surface area contributed by atoms with Crippen LogP contribution in [0, 0.1) is 0 Å². The lowest BCUT2D eigenvalue weighted by Gasteiger charge is -2.11. The fourth-order valence-electron chi connectivity index (χ4n) is 1.98. The highest BCUT2D eigenvalue weighted by Crippen LogP contribution is 2.17. The summed E-state index contributed by atoms with van der Waals surface area (Å²) in [7, 11) is 0. The van der Waals surface area contributed by atoms with E-state index in [2.05, 4.69) is 15.6 Å². The summed E-state index contributed by atoms with van der Waals surface area (Å²) >= 11 is 0. The molecule has 2 N–H and O–H groups in total. The van der Waals surface area contributed by atoms with Crippen molar-refractivity contribution in [3.8, 4) is 0 Å². The molecule has 120 valence electrons. The largest absolute Gasteiger partial charge is 0.354 e. The highest BCUT2D eigenvalue weighted by Gasteiger charge is 2.09. The predicted octanol–water partition coefficient (Wildman–Crippen LogP) is 3.56. The zero-order valence-electron chi connectivity index (χ0n) is 13.6. The standard InChI is InChI=1S/C18H21N3O2/c1-4-12(2)20-18(23)17-9-8-16(11-19-17)21-15-7-5-6-14(10-15)13(3)22/h5-12,21H,4H2,1-3H3,(H,20,23). The van der Waals surface area contributed by atoms with Crippen LogP contribution in [0.2, 0.25) is 0 Å². The Bertz CT molecular complexity index is 696. The second-order valence-electron chi connectivity index (χ2n) is 5.48. The SMILES string of the molecule is CCC(C)NC(=O)c1ccc(Nc2cccc(C(C)=O)c2)cn1. The van der Waals surface area contributed by atoms with Crippen molar-refractivity contribution in [3.63, 3.8) is 0 Å². The van der Waals surface area contributed by atoms with Gasteiger partial charge in [-0.25, -0.2) is 4.98 Å². The van der Waals surface area contributed by atoms with Gasteiger partial charge >= 0.3 is 0 Å². The van der Waals surface area contributed by atoms with Crippen molar-refractivity contribution in [1.29, 1.82) is 0 Å². The number of anilines is 2. The lowest BCUT2D eigenvalue weighted by molar-refractivity contribution is 0.0933. The Balaban J connectivity index is 2.07. The molecule has 0 aliphatic heterocycles. The molecule has 2 aromatic rings. The minimum Gasteiger partial charge on any atom is -0.354 e. The third kappa shape index (κ3) is 4.64. The van der Waals surface area contributed by atoms with Gasteiger partial charge in [-0.2, -0.15) is 0 Å². The van der Waals surface area contributed by atoms with E-state index in [1.165, 1.54) is 6.92 Å². The van der Waals surface area contributed by atoms with Gasteiger partial charge in [-0.05, 0) is 44.5 Å². The van der Waals surface area contributed by atoms with Crippen LogP contribution in [0.5, 0.6) is 0 Å². The number of hydrogen-bond donors (Lipinski definition) is 2. The number of nitrogens with one attached hydrogen (secondary N) is 2. The van der Waals surface area contributed by atoms with Crippen molar-refractivity contribution in [2.75, 3.05) is 5.32 Å². The van der Waals surface area contributed by atoms with Crippen LogP contribution in [0.3, 0.4) is 0 Å². The minimum atomic E-state index is -0.176. The van der Waals surface area contributed by atoms with Gasteiger partial charge in [0.25, 0.3) is 5.91 Å². The Morgan fingerprint density at radius 1 is 1.17 bits per heavy atom. The number of hydrogen-bond acceptors (Lipinski definition) is 4. The Hall–Kier alpha value is -2.69. The highest BCUT2D eigenvalue weighted by atomic mass is 16.2. The number of aromatic nitrogens is 1. The van der Waals surface area contributed by atoms with Crippen LogP contribution in [0.15, 0.2) is 42.6 Å². The van der Waals surface area contributed by atoms with Gasteiger partial charge in [-0.15, -0.1) is 0 Å². The number of ketones is 1. The number of amides is 1. The van der Waals surface area contributed by atoms with Gasteiger partial charge in [0, 0.05) is 17.3 Å². The first kappa shape index (κ1) is 16.7. The maximum absolute atomic E-state index is 12.0. The zero-order valence-corrected chi connectivity index (χ0v) is 13.6. The quantitative estimate of drug-likeness (QED) is 0.800. The summed E-state index contributed by atoms with van der Waals surface area (Å²) in [5, 5.41) is 6.05. The Morgan fingerprint density at radius 2 is 1.96 bits per heavy atom. The van der Waals surface area contributed by atoms with Crippen LogP contribution in [0.1, 0.15) is 48.0 Å². The molecule has 0 aliphatic rings. The summed E-state index contributed by atoms with van der Waals surface area (Å²) in [6, 6.07) is 10.8. The molecule has 5 heteroatoms. The summed E-state index contributed by atoms with van der Waals surface area (Å²) in [6.07, 6.45) is 2.48. The van der Waals surface area contributed by atoms with Crippen LogP contribution in [0.25, 0.3) is 0 Å². The molecule has 1 aromatic heterocycles. The van der Waals surface area contributed by atoms with Crippen LogP contribution in [-0.4, -0.2) is 22.7 Å². The van der Waals surface area contributed by atoms with Gasteiger partial charge in [0.2, 0.25) is 0 Å². The molecular weight excluding hydrogens is 290 g/mol. The molecule has 0 bridgehead atoms. The van der Waals surface area contributed by atoms with Crippen molar-refractivity contribution in [2.24, 2.45) is 0 Å². The van der Waals surface area contributed by atoms with E-state index >= 15 is 0 Å². The van der Waals surface area contributed by atoms with Crippen LogP contribution >= 0.6 is 0 Å². The molecule has 1 aromatic carbocycles. The highest BCUT2D eigenvalue weighted by molar-refractivity contribution is 5.95.